The Morgan fingerprint density at radius 2 is 1.91 bits per heavy atom. The third-order valence-electron chi connectivity index (χ3n) is 5.54. The Morgan fingerprint density at radius 3 is 2.66 bits per heavy atom. The van der Waals surface area contributed by atoms with E-state index in [1.807, 2.05) is 12.1 Å². The number of allylic oxidation sites excluding steroid dienone is 4. The van der Waals surface area contributed by atoms with Gasteiger partial charge in [-0.15, -0.1) is 0 Å². The number of H-pyrrole nitrogens is 1. The molecule has 164 valence electrons. The van der Waals surface area contributed by atoms with Crippen molar-refractivity contribution in [3.8, 4) is 0 Å². The van der Waals surface area contributed by atoms with Crippen molar-refractivity contribution in [3.05, 3.63) is 99.9 Å². The normalized spacial score (nSPS) is 16.6. The van der Waals surface area contributed by atoms with Crippen molar-refractivity contribution in [1.29, 1.82) is 0 Å². The van der Waals surface area contributed by atoms with Crippen LogP contribution >= 0.6 is 0 Å². The van der Waals surface area contributed by atoms with Crippen LogP contribution in [0.2, 0.25) is 0 Å². The predicted molar refractivity (Wildman–Crippen MR) is 122 cm³/mol. The van der Waals surface area contributed by atoms with Gasteiger partial charge in [0.2, 0.25) is 5.91 Å². The average molecular weight is 435 g/mol. The van der Waals surface area contributed by atoms with E-state index >= 15 is 0 Å². The first-order chi connectivity index (χ1) is 15.4. The molecule has 5 nitrogen and oxygen atoms in total. The van der Waals surface area contributed by atoms with Crippen LogP contribution in [-0.2, 0) is 11.2 Å². The lowest BCUT2D eigenvalue weighted by atomic mass is 9.88. The minimum absolute atomic E-state index is 0.0882. The fourth-order valence-electron chi connectivity index (χ4n) is 4.03. The fraction of sp³-hybridized carbons (Fsp3) is 0.200. The summed E-state index contributed by atoms with van der Waals surface area (Å²) in [7, 11) is 0. The van der Waals surface area contributed by atoms with E-state index in [1.54, 1.807) is 36.4 Å². The van der Waals surface area contributed by atoms with Crippen LogP contribution in [0.25, 0.3) is 10.9 Å². The SMILES string of the molecule is N[C@@H](CC(=O)Nc1c(C2C=CC(F)=CC2)c2ccccc2[nH]c1=O)Cc1ccccc1F. The van der Waals surface area contributed by atoms with Gasteiger partial charge >= 0.3 is 0 Å². The Kier molecular flexibility index (Phi) is 6.28. The number of hydrogen-bond acceptors (Lipinski definition) is 3. The number of aromatic amines is 1. The summed E-state index contributed by atoms with van der Waals surface area (Å²) < 4.78 is 27.4. The number of nitrogens with one attached hydrogen (secondary N) is 2. The van der Waals surface area contributed by atoms with E-state index in [9.17, 15) is 18.4 Å². The number of pyridine rings is 1. The zero-order valence-electron chi connectivity index (χ0n) is 17.3. The second-order valence-corrected chi connectivity index (χ2v) is 7.89. The number of amides is 1. The standard InChI is InChI=1S/C25H23F2N3O2/c26-17-11-9-15(10-12-17)23-19-6-2-4-8-21(19)29-25(32)24(23)30-22(31)14-18(28)13-16-5-1-3-7-20(16)27/h1-9,11-12,15,18H,10,13-14,28H2,(H,29,32)(H,30,31)/t15?,18-/m1/s1. The van der Waals surface area contributed by atoms with Crippen molar-refractivity contribution in [1.82, 2.24) is 4.98 Å². The molecule has 1 aliphatic rings. The molecule has 0 saturated carbocycles. The second-order valence-electron chi connectivity index (χ2n) is 7.89. The lowest BCUT2D eigenvalue weighted by Crippen LogP contribution is -2.31. The number of para-hydroxylation sites is 1. The Bertz CT molecular complexity index is 1280. The van der Waals surface area contributed by atoms with Crippen molar-refractivity contribution >= 4 is 22.5 Å². The molecule has 4 N–H and O–H groups in total. The average Bonchev–Trinajstić information content (AvgIpc) is 2.76. The van der Waals surface area contributed by atoms with E-state index in [4.69, 9.17) is 5.73 Å². The molecule has 1 aliphatic carbocycles. The number of halogens is 2. The second kappa shape index (κ2) is 9.28. The molecule has 1 heterocycles. The molecule has 1 aromatic heterocycles. The van der Waals surface area contributed by atoms with Crippen LogP contribution in [0, 0.1) is 5.82 Å². The third kappa shape index (κ3) is 4.68. The van der Waals surface area contributed by atoms with Gasteiger partial charge in [-0.3, -0.25) is 9.59 Å². The van der Waals surface area contributed by atoms with Crippen molar-refractivity contribution < 1.29 is 13.6 Å². The smallest absolute Gasteiger partial charge is 0.272 e. The van der Waals surface area contributed by atoms with Gasteiger partial charge in [0, 0.05) is 29.3 Å². The van der Waals surface area contributed by atoms with Gasteiger partial charge in [0.15, 0.2) is 0 Å². The summed E-state index contributed by atoms with van der Waals surface area (Å²) in [5, 5.41) is 3.47. The first-order valence-corrected chi connectivity index (χ1v) is 10.4. The number of nitrogens with two attached hydrogens (primary N) is 1. The van der Waals surface area contributed by atoms with Gasteiger partial charge in [-0.05, 0) is 48.3 Å². The Morgan fingerprint density at radius 1 is 1.16 bits per heavy atom. The minimum atomic E-state index is -0.624. The molecule has 3 aromatic rings. The summed E-state index contributed by atoms with van der Waals surface area (Å²) in [4.78, 5) is 28.4. The van der Waals surface area contributed by atoms with E-state index in [1.165, 1.54) is 18.2 Å². The Labute approximate surface area is 183 Å². The van der Waals surface area contributed by atoms with E-state index < -0.39 is 17.5 Å². The van der Waals surface area contributed by atoms with Gasteiger partial charge in [-0.25, -0.2) is 8.78 Å². The highest BCUT2D eigenvalue weighted by Crippen LogP contribution is 2.35. The van der Waals surface area contributed by atoms with Crippen LogP contribution in [0.5, 0.6) is 0 Å². The number of hydrogen-bond donors (Lipinski definition) is 3. The number of benzene rings is 2. The van der Waals surface area contributed by atoms with E-state index in [2.05, 4.69) is 10.3 Å². The summed E-state index contributed by atoms with van der Waals surface area (Å²) >= 11 is 0. The zero-order chi connectivity index (χ0) is 22.7. The molecule has 0 bridgehead atoms. The topological polar surface area (TPSA) is 88.0 Å². The molecule has 7 heteroatoms. The maximum Gasteiger partial charge on any atom is 0.272 e. The summed E-state index contributed by atoms with van der Waals surface area (Å²) in [6.07, 6.45) is 4.98. The zero-order valence-corrected chi connectivity index (χ0v) is 17.3. The van der Waals surface area contributed by atoms with Crippen LogP contribution in [0.4, 0.5) is 14.5 Å². The molecule has 4 rings (SSSR count). The van der Waals surface area contributed by atoms with Crippen LogP contribution < -0.4 is 16.6 Å². The molecule has 0 aliphatic heterocycles. The van der Waals surface area contributed by atoms with Gasteiger partial charge < -0.3 is 16.0 Å². The third-order valence-corrected chi connectivity index (χ3v) is 5.54. The van der Waals surface area contributed by atoms with Crippen LogP contribution in [0.3, 0.4) is 0 Å². The summed E-state index contributed by atoms with van der Waals surface area (Å²) in [6.45, 7) is 0. The first-order valence-electron chi connectivity index (χ1n) is 10.4. The highest BCUT2D eigenvalue weighted by molar-refractivity contribution is 5.96. The molecule has 2 aromatic carbocycles. The van der Waals surface area contributed by atoms with Crippen molar-refractivity contribution in [3.63, 3.8) is 0 Å². The van der Waals surface area contributed by atoms with Gasteiger partial charge in [-0.2, -0.15) is 0 Å². The molecule has 0 radical (unpaired) electrons. The number of rotatable bonds is 6. The molecule has 2 atom stereocenters. The van der Waals surface area contributed by atoms with Crippen molar-refractivity contribution in [2.75, 3.05) is 5.32 Å². The van der Waals surface area contributed by atoms with Gasteiger partial charge in [0.05, 0.1) is 0 Å². The molecular formula is C25H23F2N3O2. The van der Waals surface area contributed by atoms with Crippen molar-refractivity contribution in [2.45, 2.75) is 31.2 Å². The number of aromatic nitrogens is 1. The maximum absolute atomic E-state index is 13.9. The Hall–Kier alpha value is -3.58. The molecule has 0 fully saturated rings. The van der Waals surface area contributed by atoms with Crippen molar-refractivity contribution in [2.24, 2.45) is 5.73 Å². The molecule has 1 unspecified atom stereocenters. The quantitative estimate of drug-likeness (QED) is 0.534. The molecule has 0 saturated heterocycles. The van der Waals surface area contributed by atoms with Gasteiger partial charge in [0.25, 0.3) is 5.56 Å². The van der Waals surface area contributed by atoms with Crippen LogP contribution in [0.1, 0.15) is 29.9 Å². The monoisotopic (exact) mass is 435 g/mol. The van der Waals surface area contributed by atoms with E-state index in [0.717, 1.165) is 5.39 Å². The molecule has 1 amide bonds. The predicted octanol–water partition coefficient (Wildman–Crippen LogP) is 4.46. The van der Waals surface area contributed by atoms with E-state index in [-0.39, 0.29) is 36.1 Å². The lowest BCUT2D eigenvalue weighted by molar-refractivity contribution is -0.116. The van der Waals surface area contributed by atoms with Gasteiger partial charge in [0.1, 0.15) is 17.3 Å². The van der Waals surface area contributed by atoms with Gasteiger partial charge in [-0.1, -0.05) is 42.5 Å². The van der Waals surface area contributed by atoms with Crippen LogP contribution in [0.15, 0.2) is 77.4 Å². The Balaban J connectivity index is 1.61. The number of anilines is 1. The molecular weight excluding hydrogens is 412 g/mol. The summed E-state index contributed by atoms with van der Waals surface area (Å²) in [6, 6.07) is 12.9. The molecule has 32 heavy (non-hydrogen) atoms. The molecule has 0 spiro atoms. The highest BCUT2D eigenvalue weighted by atomic mass is 19.1. The minimum Gasteiger partial charge on any atom is -0.327 e. The lowest BCUT2D eigenvalue weighted by Gasteiger charge is -2.21. The van der Waals surface area contributed by atoms with Crippen LogP contribution in [-0.4, -0.2) is 16.9 Å². The largest absolute Gasteiger partial charge is 0.327 e. The summed E-state index contributed by atoms with van der Waals surface area (Å²) in [5.74, 6) is -1.43. The number of fused-ring (bicyclic) bond motifs is 1. The summed E-state index contributed by atoms with van der Waals surface area (Å²) in [5.41, 5.74) is 7.44. The van der Waals surface area contributed by atoms with E-state index in [0.29, 0.717) is 23.1 Å². The number of carbonyl (C=O) groups is 1. The fourth-order valence-corrected chi connectivity index (χ4v) is 4.03. The number of carbonyl (C=O) groups excluding carboxylic acids is 1. The maximum atomic E-state index is 13.9. The first kappa shape index (κ1) is 21.6. The highest BCUT2D eigenvalue weighted by Gasteiger charge is 2.23.